The summed E-state index contributed by atoms with van der Waals surface area (Å²) in [5.74, 6) is 2.18. The van der Waals surface area contributed by atoms with Crippen molar-refractivity contribution in [3.8, 4) is 17.0 Å². The third-order valence-corrected chi connectivity index (χ3v) is 3.80. The van der Waals surface area contributed by atoms with Gasteiger partial charge in [0.05, 0.1) is 12.8 Å². The molecule has 0 radical (unpaired) electrons. The predicted molar refractivity (Wildman–Crippen MR) is 109 cm³/mol. The van der Waals surface area contributed by atoms with E-state index >= 15 is 0 Å². The summed E-state index contributed by atoms with van der Waals surface area (Å²) in [6.07, 6.45) is 3.52. The van der Waals surface area contributed by atoms with Crippen LogP contribution >= 0.6 is 0 Å². The molecular weight excluding hydrogens is 338 g/mol. The molecule has 2 aromatic heterocycles. The van der Waals surface area contributed by atoms with Crippen LogP contribution in [0.1, 0.15) is 26.3 Å². The quantitative estimate of drug-likeness (QED) is 0.678. The Morgan fingerprint density at radius 2 is 1.78 bits per heavy atom. The molecule has 0 unspecified atom stereocenters. The van der Waals surface area contributed by atoms with Gasteiger partial charge in [-0.3, -0.25) is 4.98 Å². The molecule has 0 amide bonds. The fourth-order valence-electron chi connectivity index (χ4n) is 2.57. The first-order valence-electron chi connectivity index (χ1n) is 8.87. The first-order chi connectivity index (χ1) is 12.9. The normalized spacial score (nSPS) is 11.1. The zero-order valence-electron chi connectivity index (χ0n) is 16.2. The summed E-state index contributed by atoms with van der Waals surface area (Å²) >= 11 is 0. The highest BCUT2D eigenvalue weighted by molar-refractivity contribution is 5.64. The number of methoxy groups -OCH3 is 1. The first kappa shape index (κ1) is 18.6. The van der Waals surface area contributed by atoms with Gasteiger partial charge in [-0.15, -0.1) is 0 Å². The molecule has 0 aliphatic rings. The second kappa shape index (κ2) is 8.03. The third-order valence-electron chi connectivity index (χ3n) is 3.80. The molecule has 0 saturated carbocycles. The number of hydrogen-bond acceptors (Lipinski definition) is 6. The number of benzene rings is 1. The van der Waals surface area contributed by atoms with Crippen molar-refractivity contribution in [1.82, 2.24) is 15.0 Å². The molecular formula is C21H25N5O. The van der Waals surface area contributed by atoms with Gasteiger partial charge in [0.2, 0.25) is 5.95 Å². The average molecular weight is 363 g/mol. The lowest BCUT2D eigenvalue weighted by Gasteiger charge is -2.21. The molecule has 0 fully saturated rings. The number of nitrogens with zero attached hydrogens (tertiary/aromatic N) is 3. The molecule has 0 spiro atoms. The average Bonchev–Trinajstić information content (AvgIpc) is 2.66. The summed E-state index contributed by atoms with van der Waals surface area (Å²) < 4.78 is 5.29. The molecule has 3 aromatic rings. The molecule has 2 N–H and O–H groups in total. The van der Waals surface area contributed by atoms with Crippen molar-refractivity contribution < 1.29 is 4.74 Å². The van der Waals surface area contributed by atoms with E-state index in [1.807, 2.05) is 36.4 Å². The number of nitrogens with one attached hydrogen (secondary N) is 2. The molecule has 27 heavy (non-hydrogen) atoms. The third kappa shape index (κ3) is 5.41. The Morgan fingerprint density at radius 1 is 1.00 bits per heavy atom. The van der Waals surface area contributed by atoms with Gasteiger partial charge < -0.3 is 15.4 Å². The molecule has 6 heteroatoms. The van der Waals surface area contributed by atoms with Crippen LogP contribution in [-0.2, 0) is 6.54 Å². The highest BCUT2D eigenvalue weighted by Gasteiger charge is 2.14. The Morgan fingerprint density at radius 3 is 2.48 bits per heavy atom. The zero-order valence-corrected chi connectivity index (χ0v) is 16.2. The van der Waals surface area contributed by atoms with E-state index in [-0.39, 0.29) is 5.54 Å². The second-order valence-electron chi connectivity index (χ2n) is 7.28. The van der Waals surface area contributed by atoms with Gasteiger partial charge in [0.1, 0.15) is 11.6 Å². The summed E-state index contributed by atoms with van der Waals surface area (Å²) in [5, 5.41) is 6.74. The molecule has 140 valence electrons. The largest absolute Gasteiger partial charge is 0.497 e. The van der Waals surface area contributed by atoms with Crippen molar-refractivity contribution in [2.45, 2.75) is 32.9 Å². The number of hydrogen-bond donors (Lipinski definition) is 2. The van der Waals surface area contributed by atoms with Crippen LogP contribution in [0.2, 0.25) is 0 Å². The van der Waals surface area contributed by atoms with Crippen molar-refractivity contribution in [2.24, 2.45) is 0 Å². The molecule has 1 aromatic carbocycles. The molecule has 2 heterocycles. The van der Waals surface area contributed by atoms with Gasteiger partial charge >= 0.3 is 0 Å². The van der Waals surface area contributed by atoms with E-state index in [9.17, 15) is 0 Å². The summed E-state index contributed by atoms with van der Waals surface area (Å²) in [4.78, 5) is 13.4. The first-order valence-corrected chi connectivity index (χ1v) is 8.87. The van der Waals surface area contributed by atoms with Gasteiger partial charge in [-0.2, -0.15) is 4.98 Å². The minimum Gasteiger partial charge on any atom is -0.497 e. The topological polar surface area (TPSA) is 72.0 Å². The fraction of sp³-hybridized carbons (Fsp3) is 0.286. The lowest BCUT2D eigenvalue weighted by Crippen LogP contribution is -2.27. The van der Waals surface area contributed by atoms with Crippen LogP contribution in [0, 0.1) is 0 Å². The van der Waals surface area contributed by atoms with Crippen LogP contribution in [0.5, 0.6) is 5.75 Å². The fourth-order valence-corrected chi connectivity index (χ4v) is 2.57. The number of ether oxygens (including phenoxy) is 1. The minimum absolute atomic E-state index is 0.138. The molecule has 0 saturated heterocycles. The van der Waals surface area contributed by atoms with E-state index in [4.69, 9.17) is 4.74 Å². The summed E-state index contributed by atoms with van der Waals surface area (Å²) in [7, 11) is 1.67. The number of aromatic nitrogens is 3. The number of rotatable bonds is 6. The van der Waals surface area contributed by atoms with Gasteiger partial charge in [0, 0.05) is 36.1 Å². The van der Waals surface area contributed by atoms with E-state index in [0.717, 1.165) is 28.4 Å². The monoisotopic (exact) mass is 363 g/mol. The van der Waals surface area contributed by atoms with Crippen LogP contribution < -0.4 is 15.4 Å². The van der Waals surface area contributed by atoms with Crippen molar-refractivity contribution in [1.29, 1.82) is 0 Å². The number of anilines is 2. The Hall–Kier alpha value is -3.15. The Bertz CT molecular complexity index is 891. The minimum atomic E-state index is -0.138. The van der Waals surface area contributed by atoms with Crippen LogP contribution in [0.3, 0.4) is 0 Å². The highest BCUT2D eigenvalue weighted by Crippen LogP contribution is 2.23. The molecule has 0 atom stereocenters. The van der Waals surface area contributed by atoms with E-state index in [1.54, 1.807) is 19.5 Å². The molecule has 0 bridgehead atoms. The van der Waals surface area contributed by atoms with Gasteiger partial charge in [0.15, 0.2) is 0 Å². The zero-order chi connectivity index (χ0) is 19.3. The standard InChI is InChI=1S/C21H25N5O/c1-21(2,3)26-20-24-18(16-8-10-22-11-9-16)13-19(25-20)23-14-15-6-5-7-17(12-15)27-4/h5-13H,14H2,1-4H3,(H2,23,24,25,26). The summed E-state index contributed by atoms with van der Waals surface area (Å²) in [5.41, 5.74) is 2.81. The maximum atomic E-state index is 5.29. The van der Waals surface area contributed by atoms with Crippen LogP contribution in [0.15, 0.2) is 54.9 Å². The predicted octanol–water partition coefficient (Wildman–Crippen LogP) is 4.37. The maximum Gasteiger partial charge on any atom is 0.225 e. The molecule has 3 rings (SSSR count). The van der Waals surface area contributed by atoms with E-state index < -0.39 is 0 Å². The Balaban J connectivity index is 1.87. The number of pyridine rings is 1. The van der Waals surface area contributed by atoms with Gasteiger partial charge in [-0.05, 0) is 50.6 Å². The van der Waals surface area contributed by atoms with Crippen molar-refractivity contribution in [3.63, 3.8) is 0 Å². The SMILES string of the molecule is COc1cccc(CNc2cc(-c3ccncc3)nc(NC(C)(C)C)n2)c1. The highest BCUT2D eigenvalue weighted by atomic mass is 16.5. The van der Waals surface area contributed by atoms with Gasteiger partial charge in [0.25, 0.3) is 0 Å². The van der Waals surface area contributed by atoms with Crippen LogP contribution in [0.25, 0.3) is 11.3 Å². The van der Waals surface area contributed by atoms with Crippen LogP contribution in [-0.4, -0.2) is 27.6 Å². The Labute approximate surface area is 160 Å². The van der Waals surface area contributed by atoms with Gasteiger partial charge in [-0.25, -0.2) is 4.98 Å². The molecule has 6 nitrogen and oxygen atoms in total. The van der Waals surface area contributed by atoms with Crippen molar-refractivity contribution >= 4 is 11.8 Å². The molecule has 0 aliphatic heterocycles. The van der Waals surface area contributed by atoms with E-state index in [1.165, 1.54) is 0 Å². The molecule has 0 aliphatic carbocycles. The van der Waals surface area contributed by atoms with E-state index in [2.05, 4.69) is 52.4 Å². The maximum absolute atomic E-state index is 5.29. The van der Waals surface area contributed by atoms with E-state index in [0.29, 0.717) is 12.5 Å². The smallest absolute Gasteiger partial charge is 0.225 e. The van der Waals surface area contributed by atoms with Crippen molar-refractivity contribution in [2.75, 3.05) is 17.7 Å². The summed E-state index contributed by atoms with van der Waals surface area (Å²) in [6, 6.07) is 13.8. The van der Waals surface area contributed by atoms with Crippen LogP contribution in [0.4, 0.5) is 11.8 Å². The Kier molecular flexibility index (Phi) is 5.54. The second-order valence-corrected chi connectivity index (χ2v) is 7.28. The summed E-state index contributed by atoms with van der Waals surface area (Å²) in [6.45, 7) is 6.88. The lowest BCUT2D eigenvalue weighted by molar-refractivity contribution is 0.414. The van der Waals surface area contributed by atoms with Crippen molar-refractivity contribution in [3.05, 3.63) is 60.4 Å². The lowest BCUT2D eigenvalue weighted by atomic mass is 10.1. The van der Waals surface area contributed by atoms with Gasteiger partial charge in [-0.1, -0.05) is 12.1 Å².